The molecule has 0 aliphatic carbocycles. The van der Waals surface area contributed by atoms with Crippen LogP contribution in [0.3, 0.4) is 0 Å². The van der Waals surface area contributed by atoms with Crippen LogP contribution in [0, 0.1) is 13.8 Å². The van der Waals surface area contributed by atoms with Crippen LogP contribution >= 0.6 is 0 Å². The lowest BCUT2D eigenvalue weighted by Crippen LogP contribution is -2.45. The smallest absolute Gasteiger partial charge is 0.328 e. The zero-order valence-electron chi connectivity index (χ0n) is 20.6. The maximum Gasteiger partial charge on any atom is 0.328 e. The lowest BCUT2D eigenvalue weighted by Gasteiger charge is -2.34. The number of aromatic nitrogens is 3. The normalized spacial score (nSPS) is 14.7. The number of nitrogens with zero attached hydrogens (tertiary/aromatic N) is 5. The fraction of sp³-hybridized carbons (Fsp3) is 0.385. The van der Waals surface area contributed by atoms with Crippen molar-refractivity contribution in [3.8, 4) is 0 Å². The highest BCUT2D eigenvalue weighted by atomic mass is 16.4. The first kappa shape index (κ1) is 24.4. The van der Waals surface area contributed by atoms with Gasteiger partial charge in [0, 0.05) is 49.7 Å². The Morgan fingerprint density at radius 3 is 2.69 bits per heavy atom. The summed E-state index contributed by atoms with van der Waals surface area (Å²) in [6.07, 6.45) is 4.29. The molecule has 1 aliphatic rings. The molecule has 0 unspecified atom stereocenters. The summed E-state index contributed by atoms with van der Waals surface area (Å²) in [6, 6.07) is 8.59. The second kappa shape index (κ2) is 10.7. The van der Waals surface area contributed by atoms with Crippen LogP contribution in [0.1, 0.15) is 28.8 Å². The highest BCUT2D eigenvalue weighted by Crippen LogP contribution is 2.28. The number of aryl methyl sites for hydroxylation is 3. The fourth-order valence-corrected chi connectivity index (χ4v) is 4.43. The zero-order chi connectivity index (χ0) is 24.9. The van der Waals surface area contributed by atoms with Crippen molar-refractivity contribution in [2.45, 2.75) is 26.7 Å². The number of hydrogen-bond donors (Lipinski definition) is 3. The van der Waals surface area contributed by atoms with E-state index in [1.54, 1.807) is 6.92 Å². The summed E-state index contributed by atoms with van der Waals surface area (Å²) in [7, 11) is 2.16. The minimum absolute atomic E-state index is 0.156. The number of carboxylic acid groups (broad SMARTS) is 1. The van der Waals surface area contributed by atoms with Gasteiger partial charge < -0.3 is 26.0 Å². The van der Waals surface area contributed by atoms with Gasteiger partial charge in [0.2, 0.25) is 5.95 Å². The molecular weight excluding hydrogens is 442 g/mol. The van der Waals surface area contributed by atoms with E-state index < -0.39 is 5.97 Å². The van der Waals surface area contributed by atoms with Crippen LogP contribution in [0.15, 0.2) is 30.3 Å². The van der Waals surface area contributed by atoms with E-state index >= 15 is 0 Å². The maximum absolute atomic E-state index is 11.0. The number of piperazine rings is 1. The average molecular weight is 476 g/mol. The third kappa shape index (κ3) is 5.86. The molecule has 3 aromatic rings. The minimum atomic E-state index is -1.03. The number of likely N-dealkylation sites (N-methyl/N-ethyl adjacent to an activating group) is 1. The first-order valence-corrected chi connectivity index (χ1v) is 11.9. The summed E-state index contributed by atoms with van der Waals surface area (Å²) in [5.41, 5.74) is 10.6. The number of carboxylic acids is 1. The highest BCUT2D eigenvalue weighted by Gasteiger charge is 2.19. The Labute approximate surface area is 205 Å². The predicted octanol–water partition coefficient (Wildman–Crippen LogP) is 3.12. The number of fused-ring (bicyclic) bond motifs is 1. The molecule has 4 rings (SSSR count). The fourth-order valence-electron chi connectivity index (χ4n) is 4.43. The van der Waals surface area contributed by atoms with Gasteiger partial charge in [0.05, 0.1) is 11.2 Å². The first-order valence-electron chi connectivity index (χ1n) is 11.9. The molecule has 0 bridgehead atoms. The van der Waals surface area contributed by atoms with E-state index in [0.29, 0.717) is 23.6 Å². The molecular formula is C26H33N7O2. The standard InChI is InChI=1S/C26H33N7O2/c1-17-6-4-7-19-16-20(25(30-23(17)19)33-14-12-32(3)13-15-33)8-5-11-28-24-21(9-10-22(34)35)18(2)29-26(27)31-24/h4,6-7,9-10,16H,5,8,11-15H2,1-3H3,(H,34,35)(H3,27,28,29,31). The Hall–Kier alpha value is -3.72. The molecule has 1 aromatic carbocycles. The number of nitrogens with one attached hydrogen (secondary N) is 1. The van der Waals surface area contributed by atoms with Crippen molar-refractivity contribution in [3.05, 3.63) is 52.7 Å². The Bertz CT molecular complexity index is 1250. The van der Waals surface area contributed by atoms with Gasteiger partial charge in [-0.1, -0.05) is 18.2 Å². The van der Waals surface area contributed by atoms with E-state index in [0.717, 1.165) is 61.8 Å². The lowest BCUT2D eigenvalue weighted by molar-refractivity contribution is -0.131. The third-order valence-electron chi connectivity index (χ3n) is 6.37. The van der Waals surface area contributed by atoms with Crippen LogP contribution in [0.4, 0.5) is 17.6 Å². The summed E-state index contributed by atoms with van der Waals surface area (Å²) in [5, 5.41) is 13.5. The lowest BCUT2D eigenvalue weighted by atomic mass is 10.0. The van der Waals surface area contributed by atoms with Crippen LogP contribution in [0.2, 0.25) is 0 Å². The molecule has 9 nitrogen and oxygen atoms in total. The van der Waals surface area contributed by atoms with Gasteiger partial charge >= 0.3 is 5.97 Å². The Morgan fingerprint density at radius 2 is 1.94 bits per heavy atom. The van der Waals surface area contributed by atoms with Gasteiger partial charge in [0.25, 0.3) is 0 Å². The SMILES string of the molecule is Cc1nc(N)nc(NCCCc2cc3cccc(C)c3nc2N2CCN(C)CC2)c1C=CC(=O)O. The van der Waals surface area contributed by atoms with Crippen molar-refractivity contribution in [2.75, 3.05) is 55.7 Å². The topological polar surface area (TPSA) is 120 Å². The van der Waals surface area contributed by atoms with Gasteiger partial charge in [0.1, 0.15) is 11.6 Å². The van der Waals surface area contributed by atoms with E-state index in [2.05, 4.69) is 63.3 Å². The Morgan fingerprint density at radius 1 is 1.17 bits per heavy atom. The van der Waals surface area contributed by atoms with E-state index in [9.17, 15) is 4.79 Å². The number of anilines is 3. The van der Waals surface area contributed by atoms with Crippen molar-refractivity contribution in [3.63, 3.8) is 0 Å². The molecule has 35 heavy (non-hydrogen) atoms. The monoisotopic (exact) mass is 475 g/mol. The van der Waals surface area contributed by atoms with Crippen LogP contribution < -0.4 is 16.0 Å². The highest BCUT2D eigenvalue weighted by molar-refractivity contribution is 5.87. The van der Waals surface area contributed by atoms with Crippen LogP contribution in [0.25, 0.3) is 17.0 Å². The molecule has 1 aliphatic heterocycles. The van der Waals surface area contributed by atoms with Gasteiger partial charge in [-0.2, -0.15) is 4.98 Å². The molecule has 1 saturated heterocycles. The van der Waals surface area contributed by atoms with E-state index in [4.69, 9.17) is 15.8 Å². The summed E-state index contributed by atoms with van der Waals surface area (Å²) in [6.45, 7) is 8.52. The second-order valence-corrected chi connectivity index (χ2v) is 9.04. The van der Waals surface area contributed by atoms with Gasteiger partial charge in [-0.15, -0.1) is 0 Å². The zero-order valence-corrected chi connectivity index (χ0v) is 20.6. The molecule has 4 N–H and O–H groups in total. The molecule has 1 fully saturated rings. The second-order valence-electron chi connectivity index (χ2n) is 9.04. The largest absolute Gasteiger partial charge is 0.478 e. The van der Waals surface area contributed by atoms with Crippen molar-refractivity contribution >= 4 is 40.5 Å². The Balaban J connectivity index is 1.53. The van der Waals surface area contributed by atoms with Crippen molar-refractivity contribution in [1.82, 2.24) is 19.9 Å². The van der Waals surface area contributed by atoms with Crippen LogP contribution in [-0.2, 0) is 11.2 Å². The number of benzene rings is 1. The maximum atomic E-state index is 11.0. The van der Waals surface area contributed by atoms with Gasteiger partial charge in [-0.3, -0.25) is 0 Å². The molecule has 0 atom stereocenters. The summed E-state index contributed by atoms with van der Waals surface area (Å²) < 4.78 is 0. The summed E-state index contributed by atoms with van der Waals surface area (Å²) in [4.78, 5) is 29.3. The van der Waals surface area contributed by atoms with Gasteiger partial charge in [-0.05, 0) is 57.0 Å². The van der Waals surface area contributed by atoms with E-state index in [1.807, 2.05) is 0 Å². The molecule has 3 heterocycles. The molecule has 0 spiro atoms. The minimum Gasteiger partial charge on any atom is -0.478 e. The van der Waals surface area contributed by atoms with Crippen LogP contribution in [-0.4, -0.2) is 70.7 Å². The first-order chi connectivity index (χ1) is 16.8. The number of aliphatic carboxylic acids is 1. The number of nitrogen functional groups attached to an aromatic ring is 1. The number of carbonyl (C=O) groups is 1. The van der Waals surface area contributed by atoms with Crippen LogP contribution in [0.5, 0.6) is 0 Å². The number of nitrogens with two attached hydrogens (primary N) is 1. The molecule has 0 radical (unpaired) electrons. The van der Waals surface area contributed by atoms with Crippen molar-refractivity contribution in [2.24, 2.45) is 0 Å². The molecule has 2 aromatic heterocycles. The number of hydrogen-bond acceptors (Lipinski definition) is 8. The molecule has 0 amide bonds. The summed E-state index contributed by atoms with van der Waals surface area (Å²) in [5.74, 6) is 0.748. The van der Waals surface area contributed by atoms with E-state index in [1.165, 1.54) is 17.2 Å². The number of pyridine rings is 1. The molecule has 0 saturated carbocycles. The molecule has 184 valence electrons. The summed E-state index contributed by atoms with van der Waals surface area (Å²) >= 11 is 0. The van der Waals surface area contributed by atoms with Crippen molar-refractivity contribution < 1.29 is 9.90 Å². The molecule has 9 heteroatoms. The average Bonchev–Trinajstić information content (AvgIpc) is 2.81. The quantitative estimate of drug-likeness (QED) is 0.333. The number of para-hydroxylation sites is 1. The van der Waals surface area contributed by atoms with Gasteiger partial charge in [0.15, 0.2) is 0 Å². The van der Waals surface area contributed by atoms with E-state index in [-0.39, 0.29) is 5.95 Å². The predicted molar refractivity (Wildman–Crippen MR) is 141 cm³/mol. The third-order valence-corrected chi connectivity index (χ3v) is 6.37. The number of rotatable bonds is 8. The van der Waals surface area contributed by atoms with Gasteiger partial charge in [-0.25, -0.2) is 14.8 Å². The van der Waals surface area contributed by atoms with Crippen molar-refractivity contribution in [1.29, 1.82) is 0 Å². The Kier molecular flexibility index (Phi) is 7.45.